The van der Waals surface area contributed by atoms with Crippen LogP contribution >= 0.6 is 0 Å². The molecule has 3 rings (SSSR count). The van der Waals surface area contributed by atoms with Crippen LogP contribution in [0.3, 0.4) is 0 Å². The Morgan fingerprint density at radius 2 is 1.13 bits per heavy atom. The van der Waals surface area contributed by atoms with Crippen LogP contribution in [0.1, 0.15) is 0 Å². The first kappa shape index (κ1) is 10.4. The summed E-state index contributed by atoms with van der Waals surface area (Å²) in [6, 6.07) is 22.3. The molecule has 0 aliphatic rings. The van der Waals surface area contributed by atoms with Crippen molar-refractivity contribution < 1.29 is 21.7 Å². The summed E-state index contributed by atoms with van der Waals surface area (Å²) < 4.78 is 0. The summed E-state index contributed by atoms with van der Waals surface area (Å²) >= 11 is 0. The Hall–Kier alpha value is -1.11. The molecular weight excluding hydrogens is 216 g/mol. The van der Waals surface area contributed by atoms with Crippen molar-refractivity contribution in [3.63, 3.8) is 0 Å². The van der Waals surface area contributed by atoms with Gasteiger partial charge in [-0.2, -0.15) is 0 Å². The van der Waals surface area contributed by atoms with E-state index in [0.29, 0.717) is 0 Å². The molecule has 0 unspecified atom stereocenters. The summed E-state index contributed by atoms with van der Waals surface area (Å²) in [7, 11) is 0. The molecule has 0 nitrogen and oxygen atoms in total. The molecule has 0 saturated carbocycles. The molecule has 70 valence electrons. The van der Waals surface area contributed by atoms with E-state index in [0.717, 1.165) is 0 Å². The van der Waals surface area contributed by atoms with Crippen LogP contribution in [0.15, 0.2) is 54.6 Å². The van der Waals surface area contributed by atoms with Crippen molar-refractivity contribution in [3.8, 4) is 0 Å². The van der Waals surface area contributed by atoms with Crippen LogP contribution in [0.2, 0.25) is 0 Å². The van der Waals surface area contributed by atoms with Gasteiger partial charge in [0.05, 0.1) is 0 Å². The van der Waals surface area contributed by atoms with Crippen molar-refractivity contribution in [2.24, 2.45) is 0 Å². The molecule has 15 heavy (non-hydrogen) atoms. The summed E-state index contributed by atoms with van der Waals surface area (Å²) in [5, 5.41) is 4.88. The van der Waals surface area contributed by atoms with Crippen LogP contribution in [0.5, 0.6) is 0 Å². The van der Waals surface area contributed by atoms with Crippen LogP contribution in [-0.4, -0.2) is 0 Å². The molecule has 0 bridgehead atoms. The van der Waals surface area contributed by atoms with Gasteiger partial charge in [-0.25, -0.2) is 0 Å². The van der Waals surface area contributed by atoms with E-state index in [9.17, 15) is 0 Å². The molecule has 0 saturated heterocycles. The molecular formula is C14H9Ti-. The Kier molecular flexibility index (Phi) is 2.90. The van der Waals surface area contributed by atoms with Crippen molar-refractivity contribution in [2.75, 3.05) is 0 Å². The second-order valence-electron chi connectivity index (χ2n) is 3.44. The van der Waals surface area contributed by atoms with Crippen LogP contribution in [0.4, 0.5) is 0 Å². The number of hydrogen-bond acceptors (Lipinski definition) is 0. The standard InChI is InChI=1S/C14H9.Ti/c1-2-6-12-10-14-8-4-3-7-13(14)9-11(12)5-1;/h1-9H;/q-1;. The Labute approximate surface area is 104 Å². The molecule has 3 aromatic rings. The van der Waals surface area contributed by atoms with E-state index < -0.39 is 0 Å². The smallest absolute Gasteiger partial charge is 0 e. The van der Waals surface area contributed by atoms with Gasteiger partial charge in [-0.05, 0) is 0 Å². The van der Waals surface area contributed by atoms with E-state index in [-0.39, 0.29) is 21.7 Å². The van der Waals surface area contributed by atoms with Gasteiger partial charge < -0.3 is 0 Å². The van der Waals surface area contributed by atoms with Crippen molar-refractivity contribution in [2.45, 2.75) is 0 Å². The normalized spacial score (nSPS) is 10.1. The van der Waals surface area contributed by atoms with E-state index >= 15 is 0 Å². The van der Waals surface area contributed by atoms with Gasteiger partial charge in [0, 0.05) is 21.7 Å². The van der Waals surface area contributed by atoms with Crippen molar-refractivity contribution >= 4 is 21.5 Å². The quantitative estimate of drug-likeness (QED) is 0.310. The molecule has 0 radical (unpaired) electrons. The minimum absolute atomic E-state index is 0. The minimum Gasteiger partial charge on any atom is -0.118 e. The second-order valence-corrected chi connectivity index (χ2v) is 3.44. The first-order valence-electron chi connectivity index (χ1n) is 4.73. The molecule has 0 heterocycles. The van der Waals surface area contributed by atoms with Gasteiger partial charge in [-0.15, -0.1) is 35.0 Å². The van der Waals surface area contributed by atoms with Crippen LogP contribution in [-0.2, 0) is 21.7 Å². The average Bonchev–Trinajstić information content (AvgIpc) is 2.26. The molecule has 0 aliphatic heterocycles. The molecule has 0 aliphatic carbocycles. The van der Waals surface area contributed by atoms with Gasteiger partial charge in [-0.1, -0.05) is 47.2 Å². The van der Waals surface area contributed by atoms with Crippen molar-refractivity contribution in [1.29, 1.82) is 0 Å². The zero-order valence-corrected chi connectivity index (χ0v) is 9.76. The third-order valence-corrected chi connectivity index (χ3v) is 2.50. The number of hydrogen-bond donors (Lipinski definition) is 0. The van der Waals surface area contributed by atoms with Crippen molar-refractivity contribution in [1.82, 2.24) is 0 Å². The molecule has 0 N–H and O–H groups in total. The maximum Gasteiger partial charge on any atom is 0 e. The maximum atomic E-state index is 3.41. The molecule has 0 fully saturated rings. The van der Waals surface area contributed by atoms with Crippen LogP contribution < -0.4 is 0 Å². The van der Waals surface area contributed by atoms with E-state index in [1.165, 1.54) is 21.5 Å². The molecule has 0 spiro atoms. The molecule has 0 aromatic heterocycles. The summed E-state index contributed by atoms with van der Waals surface area (Å²) in [6.45, 7) is 0. The zero-order valence-electron chi connectivity index (χ0n) is 8.20. The Bertz CT molecular complexity index is 494. The van der Waals surface area contributed by atoms with E-state index in [1.54, 1.807) is 0 Å². The summed E-state index contributed by atoms with van der Waals surface area (Å²) in [6.07, 6.45) is 0. The minimum atomic E-state index is 0. The van der Waals surface area contributed by atoms with E-state index in [2.05, 4.69) is 48.5 Å². The number of rotatable bonds is 0. The fourth-order valence-corrected chi connectivity index (χ4v) is 1.79. The Morgan fingerprint density at radius 3 is 1.67 bits per heavy atom. The summed E-state index contributed by atoms with van der Waals surface area (Å²) in [4.78, 5) is 0. The predicted octanol–water partition coefficient (Wildman–Crippen LogP) is 3.79. The first-order valence-corrected chi connectivity index (χ1v) is 4.73. The molecule has 0 amide bonds. The Balaban J connectivity index is 0.000000853. The van der Waals surface area contributed by atoms with E-state index in [4.69, 9.17) is 0 Å². The fourth-order valence-electron chi connectivity index (χ4n) is 1.79. The number of benzene rings is 3. The average molecular weight is 225 g/mol. The summed E-state index contributed by atoms with van der Waals surface area (Å²) in [5.41, 5.74) is 0. The largest absolute Gasteiger partial charge is 0.118 e. The summed E-state index contributed by atoms with van der Waals surface area (Å²) in [5.74, 6) is 0. The topological polar surface area (TPSA) is 0 Å². The second kappa shape index (κ2) is 4.18. The SMILES string of the molecule is [Ti].[c-]1c2ccccc2cc2ccccc12. The van der Waals surface area contributed by atoms with Gasteiger partial charge in [0.1, 0.15) is 0 Å². The van der Waals surface area contributed by atoms with Crippen molar-refractivity contribution in [3.05, 3.63) is 60.7 Å². The molecule has 3 aromatic carbocycles. The van der Waals surface area contributed by atoms with Crippen LogP contribution in [0.25, 0.3) is 21.5 Å². The first-order chi connectivity index (χ1) is 6.93. The van der Waals surface area contributed by atoms with Crippen LogP contribution in [0, 0.1) is 6.07 Å². The fraction of sp³-hybridized carbons (Fsp3) is 0. The number of fused-ring (bicyclic) bond motifs is 2. The van der Waals surface area contributed by atoms with Gasteiger partial charge in [0.2, 0.25) is 0 Å². The molecule has 0 atom stereocenters. The van der Waals surface area contributed by atoms with Gasteiger partial charge >= 0.3 is 0 Å². The monoisotopic (exact) mass is 225 g/mol. The molecule has 1 heteroatoms. The zero-order chi connectivity index (χ0) is 9.38. The van der Waals surface area contributed by atoms with E-state index in [1.807, 2.05) is 12.1 Å². The predicted molar refractivity (Wildman–Crippen MR) is 60.3 cm³/mol. The third-order valence-electron chi connectivity index (χ3n) is 2.50. The van der Waals surface area contributed by atoms with Gasteiger partial charge in [0.25, 0.3) is 0 Å². The van der Waals surface area contributed by atoms with Gasteiger partial charge in [0.15, 0.2) is 0 Å². The maximum absolute atomic E-state index is 3.41. The Morgan fingerprint density at radius 1 is 0.667 bits per heavy atom. The van der Waals surface area contributed by atoms with Gasteiger partial charge in [-0.3, -0.25) is 0 Å². The third kappa shape index (κ3) is 1.83.